The molecule has 4 unspecified atom stereocenters. The number of aromatic nitrogens is 2. The number of carboxylic acids is 1. The van der Waals surface area contributed by atoms with Gasteiger partial charge in [-0.3, -0.25) is 14.4 Å². The molecule has 6 N–H and O–H groups in total. The molecule has 1 aromatic heterocycles. The van der Waals surface area contributed by atoms with E-state index in [0.29, 0.717) is 25.1 Å². The molecule has 2 rings (SSSR count). The van der Waals surface area contributed by atoms with Crippen molar-refractivity contribution in [3.8, 4) is 0 Å². The summed E-state index contributed by atoms with van der Waals surface area (Å²) in [5, 5.41) is 14.4. The summed E-state index contributed by atoms with van der Waals surface area (Å²) in [6.07, 6.45) is 3.91. The molecule has 1 aliphatic rings. The van der Waals surface area contributed by atoms with Gasteiger partial charge >= 0.3 is 5.97 Å². The van der Waals surface area contributed by atoms with Crippen LogP contribution in [0.15, 0.2) is 12.5 Å². The van der Waals surface area contributed by atoms with E-state index in [-0.39, 0.29) is 12.2 Å². The molecule has 12 heteroatoms. The summed E-state index contributed by atoms with van der Waals surface area (Å²) < 4.78 is 0. The van der Waals surface area contributed by atoms with Gasteiger partial charge in [-0.05, 0) is 19.8 Å². The minimum absolute atomic E-state index is 0.0332. The normalized spacial score (nSPS) is 19.3. The zero-order chi connectivity index (χ0) is 21.6. The van der Waals surface area contributed by atoms with Crippen LogP contribution in [0, 0.1) is 0 Å². The fraction of sp³-hybridized carbons (Fsp3) is 0.588. The standard InChI is InChI=1S/C17H26N6O5S/c1-9(18)14(24)22-12(7-29)16(26)23-4-2-3-13(23)15(25)21-11(17(27)28)5-10-6-19-8-20-10/h6,8-9,11-13,29H,2-5,7,18H2,1H3,(H,19,20)(H,21,25)(H,22,24)(H,27,28). The maximum absolute atomic E-state index is 12.8. The number of hydrogen-bond acceptors (Lipinski definition) is 7. The Morgan fingerprint density at radius 1 is 1.38 bits per heavy atom. The second-order valence-corrected chi connectivity index (χ2v) is 7.27. The first-order valence-corrected chi connectivity index (χ1v) is 9.85. The summed E-state index contributed by atoms with van der Waals surface area (Å²) in [5.74, 6) is -2.66. The Hall–Kier alpha value is -2.60. The summed E-state index contributed by atoms with van der Waals surface area (Å²) in [6, 6.07) is -3.70. The number of nitrogens with one attached hydrogen (secondary N) is 3. The number of carbonyl (C=O) groups excluding carboxylic acids is 3. The Balaban J connectivity index is 2.05. The smallest absolute Gasteiger partial charge is 0.326 e. The van der Waals surface area contributed by atoms with E-state index < -0.39 is 47.9 Å². The van der Waals surface area contributed by atoms with Crippen LogP contribution in [0.3, 0.4) is 0 Å². The topological polar surface area (TPSA) is 171 Å². The van der Waals surface area contributed by atoms with E-state index in [2.05, 4.69) is 33.2 Å². The highest BCUT2D eigenvalue weighted by atomic mass is 32.1. The van der Waals surface area contributed by atoms with E-state index in [1.54, 1.807) is 0 Å². The van der Waals surface area contributed by atoms with Crippen LogP contribution in [0.5, 0.6) is 0 Å². The molecule has 29 heavy (non-hydrogen) atoms. The highest BCUT2D eigenvalue weighted by Crippen LogP contribution is 2.19. The number of H-pyrrole nitrogens is 1. The molecule has 1 aliphatic heterocycles. The van der Waals surface area contributed by atoms with Crippen molar-refractivity contribution >= 4 is 36.3 Å². The number of rotatable bonds is 9. The van der Waals surface area contributed by atoms with E-state index in [4.69, 9.17) is 5.73 Å². The summed E-state index contributed by atoms with van der Waals surface area (Å²) in [4.78, 5) is 56.9. The molecule has 3 amide bonds. The highest BCUT2D eigenvalue weighted by Gasteiger charge is 2.38. The lowest BCUT2D eigenvalue weighted by atomic mass is 10.1. The Labute approximate surface area is 173 Å². The Morgan fingerprint density at radius 3 is 2.66 bits per heavy atom. The lowest BCUT2D eigenvalue weighted by molar-refractivity contribution is -0.144. The van der Waals surface area contributed by atoms with E-state index in [1.807, 2.05) is 0 Å². The van der Waals surface area contributed by atoms with Gasteiger partial charge in [-0.25, -0.2) is 9.78 Å². The molecule has 0 radical (unpaired) electrons. The zero-order valence-corrected chi connectivity index (χ0v) is 16.9. The molecule has 2 heterocycles. The maximum atomic E-state index is 12.8. The fourth-order valence-electron chi connectivity index (χ4n) is 3.08. The molecule has 0 bridgehead atoms. The molecule has 0 spiro atoms. The van der Waals surface area contributed by atoms with Crippen molar-refractivity contribution in [3.63, 3.8) is 0 Å². The summed E-state index contributed by atoms with van der Waals surface area (Å²) in [7, 11) is 0. The van der Waals surface area contributed by atoms with Crippen LogP contribution in [0.4, 0.5) is 0 Å². The number of imidazole rings is 1. The van der Waals surface area contributed by atoms with Gasteiger partial charge in [0.1, 0.15) is 18.1 Å². The largest absolute Gasteiger partial charge is 0.480 e. The van der Waals surface area contributed by atoms with Crippen molar-refractivity contribution in [1.82, 2.24) is 25.5 Å². The van der Waals surface area contributed by atoms with Gasteiger partial charge in [0.2, 0.25) is 17.7 Å². The molecule has 0 aromatic carbocycles. The van der Waals surface area contributed by atoms with Gasteiger partial charge in [-0.2, -0.15) is 12.6 Å². The number of aromatic amines is 1. The van der Waals surface area contributed by atoms with Gasteiger partial charge in [-0.15, -0.1) is 0 Å². The number of aliphatic carboxylic acids is 1. The van der Waals surface area contributed by atoms with E-state index in [9.17, 15) is 24.3 Å². The van der Waals surface area contributed by atoms with Crippen LogP contribution in [0.25, 0.3) is 0 Å². The number of hydrogen-bond donors (Lipinski definition) is 6. The highest BCUT2D eigenvalue weighted by molar-refractivity contribution is 7.80. The number of nitrogens with two attached hydrogens (primary N) is 1. The van der Waals surface area contributed by atoms with Crippen molar-refractivity contribution in [3.05, 3.63) is 18.2 Å². The predicted molar refractivity (Wildman–Crippen MR) is 106 cm³/mol. The Morgan fingerprint density at radius 2 is 2.10 bits per heavy atom. The average molecular weight is 426 g/mol. The first kappa shape index (κ1) is 22.7. The maximum Gasteiger partial charge on any atom is 0.326 e. The lowest BCUT2D eigenvalue weighted by Gasteiger charge is -2.29. The first-order chi connectivity index (χ1) is 13.7. The molecular weight excluding hydrogens is 400 g/mol. The van der Waals surface area contributed by atoms with Gasteiger partial charge in [0.25, 0.3) is 0 Å². The van der Waals surface area contributed by atoms with Crippen LogP contribution < -0.4 is 16.4 Å². The number of amides is 3. The third-order valence-corrected chi connectivity index (χ3v) is 5.01. The van der Waals surface area contributed by atoms with Crippen molar-refractivity contribution in [1.29, 1.82) is 0 Å². The molecule has 4 atom stereocenters. The third-order valence-electron chi connectivity index (χ3n) is 4.64. The Kier molecular flexibility index (Phi) is 8.02. The van der Waals surface area contributed by atoms with Crippen LogP contribution in [0.1, 0.15) is 25.5 Å². The quantitative estimate of drug-likeness (QED) is 0.255. The van der Waals surface area contributed by atoms with Crippen molar-refractivity contribution in [2.24, 2.45) is 5.73 Å². The SMILES string of the molecule is CC(N)C(=O)NC(CS)C(=O)N1CCCC1C(=O)NC(Cc1cnc[nH]1)C(=O)O. The van der Waals surface area contributed by atoms with E-state index in [1.165, 1.54) is 24.3 Å². The van der Waals surface area contributed by atoms with Gasteiger partial charge in [-0.1, -0.05) is 0 Å². The number of thiol groups is 1. The van der Waals surface area contributed by atoms with E-state index >= 15 is 0 Å². The monoisotopic (exact) mass is 426 g/mol. The predicted octanol–water partition coefficient (Wildman–Crippen LogP) is -1.73. The third kappa shape index (κ3) is 5.94. The molecule has 1 saturated heterocycles. The molecule has 0 saturated carbocycles. The summed E-state index contributed by atoms with van der Waals surface area (Å²) in [5.41, 5.74) is 6.08. The van der Waals surface area contributed by atoms with Gasteiger partial charge < -0.3 is 31.4 Å². The van der Waals surface area contributed by atoms with Gasteiger partial charge in [0.05, 0.1) is 12.4 Å². The second-order valence-electron chi connectivity index (χ2n) is 6.90. The minimum Gasteiger partial charge on any atom is -0.480 e. The molecular formula is C17H26N6O5S. The van der Waals surface area contributed by atoms with Crippen molar-refractivity contribution in [2.45, 2.75) is 50.4 Å². The molecule has 11 nitrogen and oxygen atoms in total. The first-order valence-electron chi connectivity index (χ1n) is 9.22. The molecule has 1 aromatic rings. The van der Waals surface area contributed by atoms with Crippen LogP contribution in [-0.2, 0) is 25.6 Å². The average Bonchev–Trinajstić information content (AvgIpc) is 3.36. The number of carboxylic acid groups (broad SMARTS) is 1. The number of carbonyl (C=O) groups is 4. The van der Waals surface area contributed by atoms with E-state index in [0.717, 1.165) is 0 Å². The fourth-order valence-corrected chi connectivity index (χ4v) is 3.32. The number of likely N-dealkylation sites (tertiary alicyclic amines) is 1. The molecule has 160 valence electrons. The van der Waals surface area contributed by atoms with Gasteiger partial charge in [0, 0.05) is 30.6 Å². The summed E-state index contributed by atoms with van der Waals surface area (Å²) in [6.45, 7) is 1.82. The van der Waals surface area contributed by atoms with Crippen molar-refractivity contribution in [2.75, 3.05) is 12.3 Å². The van der Waals surface area contributed by atoms with Crippen LogP contribution >= 0.6 is 12.6 Å². The molecule has 1 fully saturated rings. The zero-order valence-electron chi connectivity index (χ0n) is 16.0. The minimum atomic E-state index is -1.19. The summed E-state index contributed by atoms with van der Waals surface area (Å²) >= 11 is 4.11. The van der Waals surface area contributed by atoms with Gasteiger partial charge in [0.15, 0.2) is 0 Å². The van der Waals surface area contributed by atoms with Crippen LogP contribution in [-0.4, -0.2) is 80.1 Å². The Bertz CT molecular complexity index is 741. The van der Waals surface area contributed by atoms with Crippen molar-refractivity contribution < 1.29 is 24.3 Å². The second kappa shape index (κ2) is 10.3. The lowest BCUT2D eigenvalue weighted by Crippen LogP contribution is -2.57. The number of nitrogens with zero attached hydrogens (tertiary/aromatic N) is 2. The van der Waals surface area contributed by atoms with Crippen LogP contribution in [0.2, 0.25) is 0 Å². The molecule has 0 aliphatic carbocycles.